The maximum Gasteiger partial charge on any atom is 0.170 e. The smallest absolute Gasteiger partial charge is 0.170 e. The van der Waals surface area contributed by atoms with Gasteiger partial charge in [0.25, 0.3) is 0 Å². The van der Waals surface area contributed by atoms with Crippen molar-refractivity contribution in [3.8, 4) is 0 Å². The lowest BCUT2D eigenvalue weighted by Crippen LogP contribution is -2.14. The van der Waals surface area contributed by atoms with Gasteiger partial charge in [0.1, 0.15) is 6.10 Å². The minimum atomic E-state index is -0.125. The molecule has 104 valence electrons. The number of amidine groups is 1. The van der Waals surface area contributed by atoms with E-state index in [-0.39, 0.29) is 6.10 Å². The van der Waals surface area contributed by atoms with Crippen molar-refractivity contribution in [1.29, 1.82) is 0 Å². The van der Waals surface area contributed by atoms with Crippen molar-refractivity contribution >= 4 is 5.84 Å². The van der Waals surface area contributed by atoms with Crippen molar-refractivity contribution in [3.05, 3.63) is 70.8 Å². The molecule has 0 aliphatic carbocycles. The van der Waals surface area contributed by atoms with E-state index in [1.807, 2.05) is 50.2 Å². The zero-order valence-electron chi connectivity index (χ0n) is 12.1. The molecule has 2 aromatic rings. The van der Waals surface area contributed by atoms with Crippen LogP contribution in [0.5, 0.6) is 0 Å². The molecule has 0 saturated heterocycles. The van der Waals surface area contributed by atoms with Gasteiger partial charge in [-0.3, -0.25) is 0 Å². The highest BCUT2D eigenvalue weighted by molar-refractivity contribution is 5.97. The molecule has 2 aromatic carbocycles. The second-order valence-corrected chi connectivity index (χ2v) is 5.00. The van der Waals surface area contributed by atoms with Gasteiger partial charge in [0.2, 0.25) is 0 Å². The van der Waals surface area contributed by atoms with Gasteiger partial charge in [0.15, 0.2) is 5.84 Å². The molecule has 0 aromatic heterocycles. The van der Waals surface area contributed by atoms with Crippen LogP contribution in [0.3, 0.4) is 0 Å². The van der Waals surface area contributed by atoms with Crippen LogP contribution in [-0.4, -0.2) is 5.84 Å². The number of hydrogen-bond donors (Lipinski definition) is 1. The topological polar surface area (TPSA) is 47.6 Å². The quantitative estimate of drug-likeness (QED) is 0.522. The van der Waals surface area contributed by atoms with Crippen LogP contribution in [0.4, 0.5) is 0 Å². The van der Waals surface area contributed by atoms with Gasteiger partial charge < -0.3 is 10.6 Å². The van der Waals surface area contributed by atoms with Crippen LogP contribution in [0, 0.1) is 13.8 Å². The molecular formula is C17H20N2O. The van der Waals surface area contributed by atoms with E-state index >= 15 is 0 Å². The Balaban J connectivity index is 2.04. The van der Waals surface area contributed by atoms with Crippen molar-refractivity contribution < 1.29 is 4.84 Å². The van der Waals surface area contributed by atoms with Crippen LogP contribution >= 0.6 is 0 Å². The Kier molecular flexibility index (Phi) is 4.41. The maximum atomic E-state index is 5.92. The molecule has 20 heavy (non-hydrogen) atoms. The SMILES string of the molecule is Cc1ccc(/C(N)=N/OC(C)c2ccc(C)cc2)cc1. The predicted octanol–water partition coefficient (Wildman–Crippen LogP) is 3.70. The summed E-state index contributed by atoms with van der Waals surface area (Å²) in [7, 11) is 0. The van der Waals surface area contributed by atoms with Crippen LogP contribution in [0.2, 0.25) is 0 Å². The summed E-state index contributed by atoms with van der Waals surface area (Å²) in [5, 5.41) is 4.02. The molecule has 2 N–H and O–H groups in total. The fourth-order valence-electron chi connectivity index (χ4n) is 1.81. The van der Waals surface area contributed by atoms with Crippen molar-refractivity contribution in [2.24, 2.45) is 10.9 Å². The van der Waals surface area contributed by atoms with Crippen LogP contribution in [0.15, 0.2) is 53.7 Å². The summed E-state index contributed by atoms with van der Waals surface area (Å²) in [6, 6.07) is 16.1. The molecule has 0 spiro atoms. The molecule has 1 atom stereocenters. The monoisotopic (exact) mass is 268 g/mol. The molecular weight excluding hydrogens is 248 g/mol. The highest BCUT2D eigenvalue weighted by Crippen LogP contribution is 2.17. The molecule has 0 saturated carbocycles. The molecule has 3 nitrogen and oxygen atoms in total. The van der Waals surface area contributed by atoms with E-state index in [2.05, 4.69) is 24.2 Å². The van der Waals surface area contributed by atoms with Gasteiger partial charge in [0, 0.05) is 5.56 Å². The maximum absolute atomic E-state index is 5.92. The number of nitrogens with zero attached hydrogens (tertiary/aromatic N) is 1. The van der Waals surface area contributed by atoms with Crippen LogP contribution in [0.25, 0.3) is 0 Å². The second-order valence-electron chi connectivity index (χ2n) is 5.00. The summed E-state index contributed by atoms with van der Waals surface area (Å²) in [5.74, 6) is 0.393. The van der Waals surface area contributed by atoms with Gasteiger partial charge >= 0.3 is 0 Å². The zero-order chi connectivity index (χ0) is 14.5. The number of benzene rings is 2. The standard InChI is InChI=1S/C17H20N2O/c1-12-4-8-15(9-5-12)14(3)20-19-17(18)16-10-6-13(2)7-11-16/h4-11,14H,1-3H3,(H2,18,19). The van der Waals surface area contributed by atoms with Crippen molar-refractivity contribution in [1.82, 2.24) is 0 Å². The van der Waals surface area contributed by atoms with E-state index in [1.54, 1.807) is 0 Å². The van der Waals surface area contributed by atoms with Gasteiger partial charge in [-0.05, 0) is 26.3 Å². The lowest BCUT2D eigenvalue weighted by Gasteiger charge is -2.11. The van der Waals surface area contributed by atoms with E-state index in [0.29, 0.717) is 5.84 Å². The average molecular weight is 268 g/mol. The Bertz CT molecular complexity index is 585. The Hall–Kier alpha value is -2.29. The van der Waals surface area contributed by atoms with Crippen LogP contribution < -0.4 is 5.73 Å². The molecule has 0 bridgehead atoms. The first-order chi connectivity index (χ1) is 9.56. The fourth-order valence-corrected chi connectivity index (χ4v) is 1.81. The molecule has 0 radical (unpaired) electrons. The fraction of sp³-hybridized carbons (Fsp3) is 0.235. The molecule has 3 heteroatoms. The van der Waals surface area contributed by atoms with Crippen LogP contribution in [0.1, 0.15) is 35.3 Å². The number of rotatable bonds is 4. The third-order valence-corrected chi connectivity index (χ3v) is 3.20. The van der Waals surface area contributed by atoms with E-state index in [9.17, 15) is 0 Å². The predicted molar refractivity (Wildman–Crippen MR) is 82.6 cm³/mol. The van der Waals surface area contributed by atoms with Gasteiger partial charge in [0.05, 0.1) is 0 Å². The third kappa shape index (κ3) is 3.60. The normalized spacial score (nSPS) is 13.1. The minimum absolute atomic E-state index is 0.125. The van der Waals surface area contributed by atoms with Gasteiger partial charge in [-0.1, -0.05) is 64.8 Å². The zero-order valence-corrected chi connectivity index (χ0v) is 12.1. The average Bonchev–Trinajstić information content (AvgIpc) is 2.46. The summed E-state index contributed by atoms with van der Waals surface area (Å²) in [6.07, 6.45) is -0.125. The van der Waals surface area contributed by atoms with Crippen molar-refractivity contribution in [3.63, 3.8) is 0 Å². The number of hydrogen-bond acceptors (Lipinski definition) is 2. The Morgan fingerprint density at radius 1 is 0.950 bits per heavy atom. The number of aryl methyl sites for hydroxylation is 2. The summed E-state index contributed by atoms with van der Waals surface area (Å²) in [4.78, 5) is 5.48. The summed E-state index contributed by atoms with van der Waals surface area (Å²) >= 11 is 0. The molecule has 0 amide bonds. The molecule has 0 fully saturated rings. The Morgan fingerprint density at radius 3 is 2.00 bits per heavy atom. The molecule has 0 aliphatic rings. The number of nitrogens with two attached hydrogens (primary N) is 1. The summed E-state index contributed by atoms with van der Waals surface area (Å²) < 4.78 is 0. The lowest BCUT2D eigenvalue weighted by atomic mass is 10.1. The molecule has 2 rings (SSSR count). The van der Waals surface area contributed by atoms with E-state index in [0.717, 1.165) is 11.1 Å². The highest BCUT2D eigenvalue weighted by Gasteiger charge is 2.06. The lowest BCUT2D eigenvalue weighted by molar-refractivity contribution is 0.0722. The molecule has 0 aliphatic heterocycles. The van der Waals surface area contributed by atoms with E-state index in [4.69, 9.17) is 10.6 Å². The van der Waals surface area contributed by atoms with Crippen molar-refractivity contribution in [2.75, 3.05) is 0 Å². The first-order valence-electron chi connectivity index (χ1n) is 6.69. The van der Waals surface area contributed by atoms with E-state index < -0.39 is 0 Å². The van der Waals surface area contributed by atoms with E-state index in [1.165, 1.54) is 11.1 Å². The van der Waals surface area contributed by atoms with Crippen molar-refractivity contribution in [2.45, 2.75) is 26.9 Å². The molecule has 0 heterocycles. The molecule has 1 unspecified atom stereocenters. The largest absolute Gasteiger partial charge is 0.386 e. The minimum Gasteiger partial charge on any atom is -0.386 e. The highest BCUT2D eigenvalue weighted by atomic mass is 16.6. The van der Waals surface area contributed by atoms with Gasteiger partial charge in [-0.15, -0.1) is 0 Å². The number of oxime groups is 1. The summed E-state index contributed by atoms with van der Waals surface area (Å²) in [6.45, 7) is 6.05. The van der Waals surface area contributed by atoms with Gasteiger partial charge in [-0.2, -0.15) is 0 Å². The third-order valence-electron chi connectivity index (χ3n) is 3.20. The first kappa shape index (κ1) is 14.1. The van der Waals surface area contributed by atoms with Gasteiger partial charge in [-0.25, -0.2) is 0 Å². The Morgan fingerprint density at radius 2 is 1.45 bits per heavy atom. The summed E-state index contributed by atoms with van der Waals surface area (Å²) in [5.41, 5.74) is 10.3. The Labute approximate surface area is 120 Å². The van der Waals surface area contributed by atoms with Crippen LogP contribution in [-0.2, 0) is 4.84 Å². The second kappa shape index (κ2) is 6.24. The first-order valence-corrected chi connectivity index (χ1v) is 6.69.